The molecule has 0 radical (unpaired) electrons. The van der Waals surface area contributed by atoms with Gasteiger partial charge in [0.05, 0.1) is 35.0 Å². The van der Waals surface area contributed by atoms with Crippen LogP contribution in [0, 0.1) is 6.92 Å². The van der Waals surface area contributed by atoms with Gasteiger partial charge in [-0.2, -0.15) is 5.10 Å². The van der Waals surface area contributed by atoms with Crippen LogP contribution in [0.3, 0.4) is 0 Å². The number of nitrogen functional groups attached to an aromatic ring is 1. The van der Waals surface area contributed by atoms with E-state index in [9.17, 15) is 9.00 Å². The number of ether oxygens (including phenoxy) is 1. The van der Waals surface area contributed by atoms with Gasteiger partial charge in [-0.3, -0.25) is 14.5 Å². The molecule has 3 heterocycles. The maximum absolute atomic E-state index is 13.2. The molecule has 0 fully saturated rings. The maximum atomic E-state index is 13.2. The summed E-state index contributed by atoms with van der Waals surface area (Å²) in [5.41, 5.74) is 9.29. The molecule has 5 rings (SSSR count). The second kappa shape index (κ2) is 10.9. The molecule has 1 atom stereocenters. The fourth-order valence-corrected chi connectivity index (χ4v) is 5.25. The van der Waals surface area contributed by atoms with Crippen LogP contribution in [0.25, 0.3) is 10.9 Å². The van der Waals surface area contributed by atoms with Crippen molar-refractivity contribution in [2.24, 2.45) is 0 Å². The number of aryl methyl sites for hydroxylation is 1. The van der Waals surface area contributed by atoms with Crippen molar-refractivity contribution in [1.82, 2.24) is 19.7 Å². The van der Waals surface area contributed by atoms with Crippen molar-refractivity contribution >= 4 is 39.0 Å². The van der Waals surface area contributed by atoms with Gasteiger partial charge >= 0.3 is 0 Å². The highest BCUT2D eigenvalue weighted by Gasteiger charge is 2.17. The summed E-state index contributed by atoms with van der Waals surface area (Å²) < 4.78 is 21.3. The zero-order chi connectivity index (χ0) is 28.4. The first kappa shape index (κ1) is 27.0. The van der Waals surface area contributed by atoms with E-state index in [0.29, 0.717) is 43.7 Å². The average molecular weight is 555 g/mol. The van der Waals surface area contributed by atoms with Crippen LogP contribution in [0.2, 0.25) is 0 Å². The first-order chi connectivity index (χ1) is 19.1. The summed E-state index contributed by atoms with van der Waals surface area (Å²) in [6.07, 6.45) is 6.92. The number of nitrogens with one attached hydrogen (secondary N) is 1. The maximum Gasteiger partial charge on any atom is 0.228 e. The third-order valence-corrected chi connectivity index (χ3v) is 7.62. The monoisotopic (exact) mass is 554 g/mol. The minimum absolute atomic E-state index is 0.129. The molecule has 5 aromatic rings. The Morgan fingerprint density at radius 3 is 2.60 bits per heavy atom. The van der Waals surface area contributed by atoms with Gasteiger partial charge in [0, 0.05) is 28.9 Å². The van der Waals surface area contributed by atoms with Gasteiger partial charge in [-0.15, -0.1) is 0 Å². The molecule has 0 bridgehead atoms. The number of anilines is 2. The van der Waals surface area contributed by atoms with E-state index >= 15 is 0 Å². The van der Waals surface area contributed by atoms with Gasteiger partial charge in [-0.05, 0) is 81.3 Å². The minimum Gasteiger partial charge on any atom is -0.456 e. The lowest BCUT2D eigenvalue weighted by Crippen LogP contribution is -2.22. The second-order valence-electron chi connectivity index (χ2n) is 10.4. The van der Waals surface area contributed by atoms with Gasteiger partial charge in [0.2, 0.25) is 5.91 Å². The van der Waals surface area contributed by atoms with Gasteiger partial charge in [0.1, 0.15) is 22.3 Å². The Balaban J connectivity index is 1.33. The smallest absolute Gasteiger partial charge is 0.228 e. The number of carbonyl (C=O) groups is 1. The lowest BCUT2D eigenvalue weighted by molar-refractivity contribution is -0.115. The lowest BCUT2D eigenvalue weighted by atomic mass is 10.1. The summed E-state index contributed by atoms with van der Waals surface area (Å²) in [7, 11) is -1.56. The van der Waals surface area contributed by atoms with E-state index in [0.717, 1.165) is 11.1 Å². The van der Waals surface area contributed by atoms with Crippen LogP contribution in [0.15, 0.2) is 89.3 Å². The first-order valence-electron chi connectivity index (χ1n) is 12.7. The minimum atomic E-state index is -1.56. The molecular formula is C30H30N6O3S. The molecule has 3 aromatic heterocycles. The van der Waals surface area contributed by atoms with Crippen LogP contribution in [0.1, 0.15) is 31.9 Å². The van der Waals surface area contributed by atoms with Crippen LogP contribution in [-0.2, 0) is 27.6 Å². The standard InChI is InChI=1S/C30H30N6O3S/c1-19-14-20(15-28(37)35-21-17-34-36(18-21)30(2,3)4)7-10-26(19)39-27-11-13-32-25-9-8-22(16-23(25)27)40(38)29-24(31)6-5-12-33-29/h5-14,16-18H,15,31H2,1-4H3,(H,35,37). The molecule has 10 heteroatoms. The molecule has 0 saturated carbocycles. The Hall–Kier alpha value is -4.57. The summed E-state index contributed by atoms with van der Waals surface area (Å²) in [5, 5.41) is 8.25. The number of aromatic nitrogens is 4. The third kappa shape index (κ3) is 5.86. The van der Waals surface area contributed by atoms with Gasteiger partial charge in [-0.1, -0.05) is 12.1 Å². The molecule has 2 aromatic carbocycles. The molecular weight excluding hydrogens is 524 g/mol. The predicted molar refractivity (Wildman–Crippen MR) is 156 cm³/mol. The summed E-state index contributed by atoms with van der Waals surface area (Å²) >= 11 is 0. The molecule has 0 saturated heterocycles. The molecule has 1 amide bonds. The Bertz CT molecular complexity index is 1740. The molecule has 0 aliphatic rings. The predicted octanol–water partition coefficient (Wildman–Crippen LogP) is 5.61. The molecule has 1 unspecified atom stereocenters. The quantitative estimate of drug-likeness (QED) is 0.268. The van der Waals surface area contributed by atoms with E-state index in [1.807, 2.05) is 56.8 Å². The average Bonchev–Trinajstić information content (AvgIpc) is 3.39. The SMILES string of the molecule is Cc1cc(CC(=O)Nc2cnn(C(C)(C)C)c2)ccc1Oc1ccnc2ccc(S(=O)c3ncccc3N)cc12. The van der Waals surface area contributed by atoms with Gasteiger partial charge in [0.25, 0.3) is 0 Å². The Morgan fingerprint density at radius 1 is 1.05 bits per heavy atom. The highest BCUT2D eigenvalue weighted by molar-refractivity contribution is 7.85. The number of hydrogen-bond donors (Lipinski definition) is 2. The van der Waals surface area contributed by atoms with Crippen LogP contribution in [-0.4, -0.2) is 29.9 Å². The number of fused-ring (bicyclic) bond motifs is 1. The summed E-state index contributed by atoms with van der Waals surface area (Å²) in [6, 6.07) is 16.1. The number of rotatable bonds is 7. The molecule has 9 nitrogen and oxygen atoms in total. The summed E-state index contributed by atoms with van der Waals surface area (Å²) in [6.45, 7) is 8.07. The highest BCUT2D eigenvalue weighted by Crippen LogP contribution is 2.33. The zero-order valence-electron chi connectivity index (χ0n) is 22.7. The molecule has 204 valence electrons. The number of pyridine rings is 2. The van der Waals surface area contributed by atoms with E-state index in [-0.39, 0.29) is 17.9 Å². The molecule has 3 N–H and O–H groups in total. The number of amides is 1. The van der Waals surface area contributed by atoms with Crippen LogP contribution >= 0.6 is 0 Å². The molecule has 0 aliphatic heterocycles. The Labute approximate surface area is 234 Å². The van der Waals surface area contributed by atoms with Crippen molar-refractivity contribution in [2.75, 3.05) is 11.1 Å². The van der Waals surface area contributed by atoms with Crippen molar-refractivity contribution in [3.8, 4) is 11.5 Å². The molecule has 40 heavy (non-hydrogen) atoms. The lowest BCUT2D eigenvalue weighted by Gasteiger charge is -2.18. The molecule has 0 aliphatic carbocycles. The van der Waals surface area contributed by atoms with E-state index < -0.39 is 10.8 Å². The van der Waals surface area contributed by atoms with E-state index in [4.69, 9.17) is 10.5 Å². The van der Waals surface area contributed by atoms with Crippen LogP contribution in [0.5, 0.6) is 11.5 Å². The van der Waals surface area contributed by atoms with E-state index in [1.54, 1.807) is 55.0 Å². The number of carbonyl (C=O) groups excluding carboxylic acids is 1. The van der Waals surface area contributed by atoms with Crippen LogP contribution < -0.4 is 15.8 Å². The van der Waals surface area contributed by atoms with Crippen molar-refractivity contribution in [3.05, 3.63) is 90.5 Å². The largest absolute Gasteiger partial charge is 0.456 e. The van der Waals surface area contributed by atoms with Crippen molar-refractivity contribution in [2.45, 2.75) is 49.6 Å². The van der Waals surface area contributed by atoms with Crippen molar-refractivity contribution in [1.29, 1.82) is 0 Å². The van der Waals surface area contributed by atoms with Crippen LogP contribution in [0.4, 0.5) is 11.4 Å². The molecule has 0 spiro atoms. The summed E-state index contributed by atoms with van der Waals surface area (Å²) in [4.78, 5) is 21.8. The number of nitrogens with zero attached hydrogens (tertiary/aromatic N) is 4. The number of hydrogen-bond acceptors (Lipinski definition) is 7. The van der Waals surface area contributed by atoms with Gasteiger partial charge in [0.15, 0.2) is 5.03 Å². The fraction of sp³-hybridized carbons (Fsp3) is 0.200. The fourth-order valence-electron chi connectivity index (χ4n) is 4.17. The second-order valence-corrected chi connectivity index (χ2v) is 11.8. The van der Waals surface area contributed by atoms with E-state index in [2.05, 4.69) is 20.4 Å². The first-order valence-corrected chi connectivity index (χ1v) is 13.9. The number of nitrogens with two attached hydrogens (primary N) is 1. The van der Waals surface area contributed by atoms with Crippen molar-refractivity contribution < 1.29 is 13.7 Å². The number of benzene rings is 2. The topological polar surface area (TPSA) is 125 Å². The van der Waals surface area contributed by atoms with Gasteiger partial charge in [-0.25, -0.2) is 9.19 Å². The normalized spacial score (nSPS) is 12.3. The Kier molecular flexibility index (Phi) is 7.36. The Morgan fingerprint density at radius 2 is 1.88 bits per heavy atom. The van der Waals surface area contributed by atoms with Gasteiger partial charge < -0.3 is 15.8 Å². The van der Waals surface area contributed by atoms with E-state index in [1.165, 1.54) is 0 Å². The highest BCUT2D eigenvalue weighted by atomic mass is 32.2. The van der Waals surface area contributed by atoms with Crippen molar-refractivity contribution in [3.63, 3.8) is 0 Å². The third-order valence-electron chi connectivity index (χ3n) is 6.24. The summed E-state index contributed by atoms with van der Waals surface area (Å²) in [5.74, 6) is 1.08. The zero-order valence-corrected chi connectivity index (χ0v) is 23.5.